The summed E-state index contributed by atoms with van der Waals surface area (Å²) in [6, 6.07) is 17.8. The van der Waals surface area contributed by atoms with Gasteiger partial charge in [0.05, 0.1) is 18.8 Å². The average molecular weight is 297 g/mol. The zero-order chi connectivity index (χ0) is 15.0. The first-order valence-corrected chi connectivity index (χ1v) is 7.65. The molecule has 1 spiro atoms. The van der Waals surface area contributed by atoms with E-state index in [0.29, 0.717) is 19.6 Å². The Morgan fingerprint density at radius 2 is 1.82 bits per heavy atom. The highest BCUT2D eigenvalue weighted by atomic mass is 16.6. The SMILES string of the molecule is O[C@@H]1CCO[C@]12COc1ccccc1[C@@H]2Nc1ccccc1. The lowest BCUT2D eigenvalue weighted by Crippen LogP contribution is -2.54. The third kappa shape index (κ3) is 2.07. The van der Waals surface area contributed by atoms with E-state index in [1.54, 1.807) is 0 Å². The van der Waals surface area contributed by atoms with E-state index in [1.807, 2.05) is 54.6 Å². The van der Waals surface area contributed by atoms with Gasteiger partial charge in [0, 0.05) is 11.3 Å². The van der Waals surface area contributed by atoms with E-state index in [1.165, 1.54) is 0 Å². The van der Waals surface area contributed by atoms with Gasteiger partial charge in [-0.25, -0.2) is 0 Å². The van der Waals surface area contributed by atoms with E-state index in [2.05, 4.69) is 5.32 Å². The van der Waals surface area contributed by atoms with Gasteiger partial charge in [0.2, 0.25) is 0 Å². The number of aliphatic hydroxyl groups excluding tert-OH is 1. The normalized spacial score (nSPS) is 29.9. The van der Waals surface area contributed by atoms with Crippen LogP contribution in [-0.4, -0.2) is 30.0 Å². The van der Waals surface area contributed by atoms with Gasteiger partial charge in [-0.2, -0.15) is 0 Å². The largest absolute Gasteiger partial charge is 0.490 e. The smallest absolute Gasteiger partial charge is 0.152 e. The summed E-state index contributed by atoms with van der Waals surface area (Å²) in [5, 5.41) is 14.1. The summed E-state index contributed by atoms with van der Waals surface area (Å²) in [6.45, 7) is 0.912. The molecule has 0 bridgehead atoms. The van der Waals surface area contributed by atoms with Crippen molar-refractivity contribution in [2.45, 2.75) is 24.2 Å². The van der Waals surface area contributed by atoms with Crippen LogP contribution in [0.3, 0.4) is 0 Å². The van der Waals surface area contributed by atoms with Crippen molar-refractivity contribution in [3.05, 3.63) is 60.2 Å². The maximum absolute atomic E-state index is 10.5. The van der Waals surface area contributed by atoms with Crippen molar-refractivity contribution in [2.24, 2.45) is 0 Å². The molecular formula is C18H19NO3. The quantitative estimate of drug-likeness (QED) is 0.895. The second kappa shape index (κ2) is 5.30. The number of hydrogen-bond donors (Lipinski definition) is 2. The minimum Gasteiger partial charge on any atom is -0.490 e. The van der Waals surface area contributed by atoms with Gasteiger partial charge in [-0.05, 0) is 24.6 Å². The summed E-state index contributed by atoms with van der Waals surface area (Å²) in [4.78, 5) is 0. The Balaban J connectivity index is 1.77. The molecule has 4 heteroatoms. The first kappa shape index (κ1) is 13.6. The number of ether oxygens (including phenoxy) is 2. The summed E-state index contributed by atoms with van der Waals surface area (Å²) < 4.78 is 11.9. The van der Waals surface area contributed by atoms with Gasteiger partial charge in [0.1, 0.15) is 12.4 Å². The van der Waals surface area contributed by atoms with Crippen LogP contribution in [0.25, 0.3) is 0 Å². The maximum Gasteiger partial charge on any atom is 0.152 e. The van der Waals surface area contributed by atoms with E-state index >= 15 is 0 Å². The molecule has 0 aliphatic carbocycles. The Labute approximate surface area is 129 Å². The van der Waals surface area contributed by atoms with Crippen LogP contribution in [0.2, 0.25) is 0 Å². The van der Waals surface area contributed by atoms with Crippen molar-refractivity contribution in [1.82, 2.24) is 0 Å². The molecule has 2 aliphatic heterocycles. The Bertz CT molecular complexity index is 660. The van der Waals surface area contributed by atoms with Gasteiger partial charge in [0.25, 0.3) is 0 Å². The summed E-state index contributed by atoms with van der Waals surface area (Å²) in [5.74, 6) is 0.851. The number of para-hydroxylation sites is 2. The minimum atomic E-state index is -0.732. The van der Waals surface area contributed by atoms with Crippen LogP contribution in [-0.2, 0) is 4.74 Å². The third-order valence-corrected chi connectivity index (χ3v) is 4.58. The topological polar surface area (TPSA) is 50.7 Å². The number of rotatable bonds is 2. The molecule has 0 saturated carbocycles. The molecule has 22 heavy (non-hydrogen) atoms. The average Bonchev–Trinajstić information content (AvgIpc) is 2.93. The van der Waals surface area contributed by atoms with E-state index in [4.69, 9.17) is 9.47 Å². The first-order valence-electron chi connectivity index (χ1n) is 7.65. The van der Waals surface area contributed by atoms with E-state index in [0.717, 1.165) is 17.0 Å². The van der Waals surface area contributed by atoms with Crippen molar-refractivity contribution in [3.63, 3.8) is 0 Å². The molecule has 2 heterocycles. The fourth-order valence-electron chi connectivity index (χ4n) is 3.40. The second-order valence-corrected chi connectivity index (χ2v) is 5.88. The molecule has 3 atom stereocenters. The van der Waals surface area contributed by atoms with Gasteiger partial charge in [0.15, 0.2) is 5.60 Å². The Morgan fingerprint density at radius 3 is 2.59 bits per heavy atom. The van der Waals surface area contributed by atoms with E-state index in [-0.39, 0.29) is 6.04 Å². The fourth-order valence-corrected chi connectivity index (χ4v) is 3.40. The lowest BCUT2D eigenvalue weighted by atomic mass is 9.82. The molecule has 4 nitrogen and oxygen atoms in total. The lowest BCUT2D eigenvalue weighted by Gasteiger charge is -2.43. The summed E-state index contributed by atoms with van der Waals surface area (Å²) >= 11 is 0. The highest BCUT2D eigenvalue weighted by Crippen LogP contribution is 2.46. The van der Waals surface area contributed by atoms with Crippen molar-refractivity contribution in [3.8, 4) is 5.75 Å². The van der Waals surface area contributed by atoms with Gasteiger partial charge < -0.3 is 19.9 Å². The van der Waals surface area contributed by atoms with Crippen molar-refractivity contribution in [2.75, 3.05) is 18.5 Å². The summed E-state index contributed by atoms with van der Waals surface area (Å²) in [7, 11) is 0. The molecule has 0 unspecified atom stereocenters. The highest BCUT2D eigenvalue weighted by Gasteiger charge is 2.54. The molecule has 2 aromatic carbocycles. The molecule has 1 fully saturated rings. The summed E-state index contributed by atoms with van der Waals surface area (Å²) in [5.41, 5.74) is 1.30. The molecule has 1 saturated heterocycles. The van der Waals surface area contributed by atoms with Crippen LogP contribution < -0.4 is 10.1 Å². The molecule has 2 N–H and O–H groups in total. The molecule has 2 aliphatic rings. The van der Waals surface area contributed by atoms with Crippen LogP contribution in [0.4, 0.5) is 5.69 Å². The van der Waals surface area contributed by atoms with E-state index < -0.39 is 11.7 Å². The number of hydrogen-bond acceptors (Lipinski definition) is 4. The van der Waals surface area contributed by atoms with Crippen LogP contribution >= 0.6 is 0 Å². The Morgan fingerprint density at radius 1 is 1.05 bits per heavy atom. The van der Waals surface area contributed by atoms with Crippen LogP contribution in [0.5, 0.6) is 5.75 Å². The lowest BCUT2D eigenvalue weighted by molar-refractivity contribution is -0.105. The second-order valence-electron chi connectivity index (χ2n) is 5.88. The van der Waals surface area contributed by atoms with Crippen LogP contribution in [0.1, 0.15) is 18.0 Å². The zero-order valence-electron chi connectivity index (χ0n) is 12.2. The van der Waals surface area contributed by atoms with Gasteiger partial charge in [-0.1, -0.05) is 36.4 Å². The molecule has 2 aromatic rings. The van der Waals surface area contributed by atoms with Crippen molar-refractivity contribution < 1.29 is 14.6 Å². The Hall–Kier alpha value is -2.04. The molecular weight excluding hydrogens is 278 g/mol. The number of anilines is 1. The van der Waals surface area contributed by atoms with Crippen molar-refractivity contribution >= 4 is 5.69 Å². The zero-order valence-corrected chi connectivity index (χ0v) is 12.2. The van der Waals surface area contributed by atoms with Crippen LogP contribution in [0, 0.1) is 0 Å². The van der Waals surface area contributed by atoms with Crippen LogP contribution in [0.15, 0.2) is 54.6 Å². The monoisotopic (exact) mass is 297 g/mol. The van der Waals surface area contributed by atoms with Gasteiger partial charge >= 0.3 is 0 Å². The van der Waals surface area contributed by atoms with Gasteiger partial charge in [-0.3, -0.25) is 0 Å². The van der Waals surface area contributed by atoms with Crippen molar-refractivity contribution in [1.29, 1.82) is 0 Å². The molecule has 0 amide bonds. The van der Waals surface area contributed by atoms with Gasteiger partial charge in [-0.15, -0.1) is 0 Å². The van der Waals surface area contributed by atoms with E-state index in [9.17, 15) is 5.11 Å². The molecule has 4 rings (SSSR count). The third-order valence-electron chi connectivity index (χ3n) is 4.58. The standard InChI is InChI=1S/C18H19NO3/c20-16-10-11-22-18(16)12-21-15-9-5-4-8-14(15)17(18)19-13-6-2-1-3-7-13/h1-9,16-17,19-20H,10-12H2/t16-,17+,18-/m1/s1. The predicted octanol–water partition coefficient (Wildman–Crippen LogP) is 2.75. The first-order chi connectivity index (χ1) is 10.8. The number of nitrogens with one attached hydrogen (secondary N) is 1. The number of benzene rings is 2. The minimum absolute atomic E-state index is 0.141. The fraction of sp³-hybridized carbons (Fsp3) is 0.333. The maximum atomic E-state index is 10.5. The predicted molar refractivity (Wildman–Crippen MR) is 84.0 cm³/mol. The molecule has 0 aromatic heterocycles. The molecule has 114 valence electrons. The molecule has 0 radical (unpaired) electrons. The Kier molecular flexibility index (Phi) is 3.28. The number of aliphatic hydroxyl groups is 1. The number of fused-ring (bicyclic) bond motifs is 1. The highest BCUT2D eigenvalue weighted by molar-refractivity contribution is 5.51. The summed E-state index contributed by atoms with van der Waals surface area (Å²) in [6.07, 6.45) is 0.0976.